The lowest BCUT2D eigenvalue weighted by Crippen LogP contribution is -2.45. The van der Waals surface area contributed by atoms with Crippen molar-refractivity contribution in [1.29, 1.82) is 0 Å². The standard InChI is InChI=1S/C27H27F3N6O2/c1-18-3-5-20(13-23(18)34-25(37)8-4-19-15-31-17-32-16-19)26(38)33-21-6-7-24(22(14-21)27(28,29)30)36-11-9-35(2)10-12-36/h3-8,13-17H,9-12H2,1-2H3,(H,33,38)(H,34,37). The number of amides is 2. The molecule has 1 fully saturated rings. The molecule has 1 aromatic heterocycles. The Morgan fingerprint density at radius 1 is 0.974 bits per heavy atom. The quantitative estimate of drug-likeness (QED) is 0.463. The number of carbonyl (C=O) groups excluding carboxylic acids is 2. The van der Waals surface area contributed by atoms with Crippen molar-refractivity contribution in [3.05, 3.63) is 83.4 Å². The van der Waals surface area contributed by atoms with Crippen molar-refractivity contribution >= 4 is 35.0 Å². The van der Waals surface area contributed by atoms with E-state index in [0.717, 1.165) is 6.07 Å². The van der Waals surface area contributed by atoms with Crippen LogP contribution in [-0.4, -0.2) is 59.9 Å². The minimum atomic E-state index is -4.58. The number of carbonyl (C=O) groups is 2. The van der Waals surface area contributed by atoms with Gasteiger partial charge in [-0.3, -0.25) is 9.59 Å². The fourth-order valence-corrected chi connectivity index (χ4v) is 4.01. The molecular formula is C27H27F3N6O2. The normalized spacial score (nSPS) is 14.5. The average molecular weight is 525 g/mol. The van der Waals surface area contributed by atoms with Gasteiger partial charge in [-0.2, -0.15) is 13.2 Å². The van der Waals surface area contributed by atoms with Crippen LogP contribution in [0, 0.1) is 6.92 Å². The number of rotatable bonds is 6. The summed E-state index contributed by atoms with van der Waals surface area (Å²) >= 11 is 0. The molecule has 0 aliphatic carbocycles. The zero-order chi connectivity index (χ0) is 27.3. The van der Waals surface area contributed by atoms with Crippen LogP contribution in [0.1, 0.15) is 27.0 Å². The number of hydrogen-bond acceptors (Lipinski definition) is 6. The molecule has 2 aromatic carbocycles. The molecule has 0 spiro atoms. The van der Waals surface area contributed by atoms with Crippen LogP contribution in [0.25, 0.3) is 6.08 Å². The van der Waals surface area contributed by atoms with E-state index in [1.54, 1.807) is 42.4 Å². The number of likely N-dealkylation sites (N-methyl/N-ethyl adjacent to an activating group) is 1. The number of nitrogens with zero attached hydrogens (tertiary/aromatic N) is 4. The van der Waals surface area contributed by atoms with Gasteiger partial charge in [-0.05, 0) is 55.9 Å². The maximum atomic E-state index is 13.9. The highest BCUT2D eigenvalue weighted by Crippen LogP contribution is 2.38. The van der Waals surface area contributed by atoms with Crippen LogP contribution in [0.5, 0.6) is 0 Å². The Balaban J connectivity index is 1.49. The summed E-state index contributed by atoms with van der Waals surface area (Å²) in [6.07, 6.45) is 2.75. The lowest BCUT2D eigenvalue weighted by Gasteiger charge is -2.35. The summed E-state index contributed by atoms with van der Waals surface area (Å²) in [4.78, 5) is 36.8. The Morgan fingerprint density at radius 2 is 1.68 bits per heavy atom. The zero-order valence-electron chi connectivity index (χ0n) is 20.9. The lowest BCUT2D eigenvalue weighted by atomic mass is 10.1. The van der Waals surface area contributed by atoms with Gasteiger partial charge < -0.3 is 20.4 Å². The first kappa shape index (κ1) is 26.8. The summed E-state index contributed by atoms with van der Waals surface area (Å²) in [5.74, 6) is -1.03. The molecule has 11 heteroatoms. The van der Waals surface area contributed by atoms with Crippen molar-refractivity contribution < 1.29 is 22.8 Å². The van der Waals surface area contributed by atoms with E-state index in [1.165, 1.54) is 30.6 Å². The Morgan fingerprint density at radius 3 is 2.37 bits per heavy atom. The van der Waals surface area contributed by atoms with Crippen molar-refractivity contribution in [2.45, 2.75) is 13.1 Å². The monoisotopic (exact) mass is 524 g/mol. The molecule has 3 aromatic rings. The van der Waals surface area contributed by atoms with E-state index in [9.17, 15) is 22.8 Å². The second-order valence-corrected chi connectivity index (χ2v) is 9.00. The van der Waals surface area contributed by atoms with E-state index >= 15 is 0 Å². The summed E-state index contributed by atoms with van der Waals surface area (Å²) < 4.78 is 41.7. The van der Waals surface area contributed by atoms with Gasteiger partial charge in [0, 0.05) is 72.8 Å². The van der Waals surface area contributed by atoms with E-state index in [1.807, 2.05) is 7.05 Å². The summed E-state index contributed by atoms with van der Waals surface area (Å²) in [7, 11) is 1.93. The van der Waals surface area contributed by atoms with Crippen LogP contribution >= 0.6 is 0 Å². The van der Waals surface area contributed by atoms with E-state index in [-0.39, 0.29) is 16.9 Å². The molecular weight excluding hydrogens is 497 g/mol. The molecule has 2 N–H and O–H groups in total. The third-order valence-corrected chi connectivity index (χ3v) is 6.17. The van der Waals surface area contributed by atoms with Crippen LogP contribution in [0.3, 0.4) is 0 Å². The Kier molecular flexibility index (Phi) is 8.06. The van der Waals surface area contributed by atoms with Crippen molar-refractivity contribution in [3.63, 3.8) is 0 Å². The molecule has 4 rings (SSSR count). The van der Waals surface area contributed by atoms with Crippen LogP contribution in [-0.2, 0) is 11.0 Å². The van der Waals surface area contributed by atoms with E-state index < -0.39 is 23.6 Å². The molecule has 38 heavy (non-hydrogen) atoms. The van der Waals surface area contributed by atoms with Crippen LogP contribution < -0.4 is 15.5 Å². The maximum absolute atomic E-state index is 13.9. The van der Waals surface area contributed by atoms with Crippen LogP contribution in [0.4, 0.5) is 30.2 Å². The Labute approximate surface area is 218 Å². The predicted octanol–water partition coefficient (Wildman–Crippen LogP) is 4.46. The molecule has 2 amide bonds. The number of halogens is 3. The molecule has 198 valence electrons. The number of anilines is 3. The molecule has 0 radical (unpaired) electrons. The Bertz CT molecular complexity index is 1340. The van der Waals surface area contributed by atoms with Gasteiger partial charge in [0.15, 0.2) is 0 Å². The SMILES string of the molecule is Cc1ccc(C(=O)Nc2ccc(N3CCN(C)CC3)c(C(F)(F)F)c2)cc1NC(=O)C=Cc1cncnc1. The van der Waals surface area contributed by atoms with Crippen LogP contribution in [0.2, 0.25) is 0 Å². The fourth-order valence-electron chi connectivity index (χ4n) is 4.01. The number of piperazine rings is 1. The highest BCUT2D eigenvalue weighted by atomic mass is 19.4. The van der Waals surface area contributed by atoms with Crippen molar-refractivity contribution in [1.82, 2.24) is 14.9 Å². The third-order valence-electron chi connectivity index (χ3n) is 6.17. The molecule has 0 bridgehead atoms. The number of aryl methyl sites for hydroxylation is 1. The van der Waals surface area contributed by atoms with Crippen molar-refractivity contribution in [2.75, 3.05) is 48.8 Å². The maximum Gasteiger partial charge on any atom is 0.418 e. The molecule has 1 saturated heterocycles. The van der Waals surface area contributed by atoms with Crippen molar-refractivity contribution in [3.8, 4) is 0 Å². The number of aromatic nitrogens is 2. The van der Waals surface area contributed by atoms with E-state index in [4.69, 9.17) is 0 Å². The number of alkyl halides is 3. The minimum absolute atomic E-state index is 0.0272. The van der Waals surface area contributed by atoms with Gasteiger partial charge in [0.05, 0.1) is 5.56 Å². The average Bonchev–Trinajstić information content (AvgIpc) is 2.89. The third kappa shape index (κ3) is 6.74. The van der Waals surface area contributed by atoms with Gasteiger partial charge in [0.2, 0.25) is 5.91 Å². The molecule has 0 atom stereocenters. The highest BCUT2D eigenvalue weighted by Gasteiger charge is 2.36. The van der Waals surface area contributed by atoms with Gasteiger partial charge in [-0.1, -0.05) is 6.07 Å². The molecule has 1 aliphatic heterocycles. The molecule has 2 heterocycles. The van der Waals surface area contributed by atoms with E-state index in [0.29, 0.717) is 43.0 Å². The van der Waals surface area contributed by atoms with Gasteiger partial charge in [-0.15, -0.1) is 0 Å². The van der Waals surface area contributed by atoms with Gasteiger partial charge in [0.1, 0.15) is 6.33 Å². The Hall–Kier alpha value is -4.25. The summed E-state index contributed by atoms with van der Waals surface area (Å²) in [6.45, 7) is 4.06. The summed E-state index contributed by atoms with van der Waals surface area (Å²) in [5.41, 5.74) is 1.26. The van der Waals surface area contributed by atoms with Gasteiger partial charge in [-0.25, -0.2) is 9.97 Å². The first-order valence-electron chi connectivity index (χ1n) is 11.9. The lowest BCUT2D eigenvalue weighted by molar-refractivity contribution is -0.137. The molecule has 0 saturated carbocycles. The molecule has 8 nitrogen and oxygen atoms in total. The number of hydrogen-bond donors (Lipinski definition) is 2. The minimum Gasteiger partial charge on any atom is -0.368 e. The summed E-state index contributed by atoms with van der Waals surface area (Å²) in [6, 6.07) is 8.49. The highest BCUT2D eigenvalue weighted by molar-refractivity contribution is 6.07. The molecule has 1 aliphatic rings. The number of nitrogens with one attached hydrogen (secondary N) is 2. The smallest absolute Gasteiger partial charge is 0.368 e. The largest absolute Gasteiger partial charge is 0.418 e. The van der Waals surface area contributed by atoms with Gasteiger partial charge >= 0.3 is 6.18 Å². The van der Waals surface area contributed by atoms with Crippen LogP contribution in [0.15, 0.2) is 61.2 Å². The fraction of sp³-hybridized carbons (Fsp3) is 0.259. The van der Waals surface area contributed by atoms with E-state index in [2.05, 4.69) is 25.5 Å². The first-order valence-corrected chi connectivity index (χ1v) is 11.9. The second kappa shape index (κ2) is 11.4. The second-order valence-electron chi connectivity index (χ2n) is 9.00. The first-order chi connectivity index (χ1) is 18.1. The summed E-state index contributed by atoms with van der Waals surface area (Å²) in [5, 5.41) is 5.26. The van der Waals surface area contributed by atoms with Gasteiger partial charge in [0.25, 0.3) is 5.91 Å². The van der Waals surface area contributed by atoms with Crippen molar-refractivity contribution in [2.24, 2.45) is 0 Å². The topological polar surface area (TPSA) is 90.5 Å². The predicted molar refractivity (Wildman–Crippen MR) is 140 cm³/mol. The molecule has 0 unspecified atom stereocenters. The zero-order valence-corrected chi connectivity index (χ0v) is 20.9. The number of benzene rings is 2.